The largest absolute Gasteiger partial charge is 0.481 e. The van der Waals surface area contributed by atoms with Gasteiger partial charge in [-0.25, -0.2) is 0 Å². The van der Waals surface area contributed by atoms with Crippen LogP contribution < -0.4 is 5.32 Å². The zero-order valence-corrected chi connectivity index (χ0v) is 14.7. The van der Waals surface area contributed by atoms with Crippen LogP contribution in [0.5, 0.6) is 0 Å². The third-order valence-corrected chi connectivity index (χ3v) is 3.76. The van der Waals surface area contributed by atoms with Crippen molar-refractivity contribution in [3.8, 4) is 0 Å². The molecule has 0 radical (unpaired) electrons. The van der Waals surface area contributed by atoms with E-state index >= 15 is 0 Å². The molecular formula is C18H23N3O4. The van der Waals surface area contributed by atoms with E-state index in [-0.39, 0.29) is 24.7 Å². The summed E-state index contributed by atoms with van der Waals surface area (Å²) < 4.78 is 5.11. The first kappa shape index (κ1) is 18.6. The first-order valence-electron chi connectivity index (χ1n) is 8.25. The van der Waals surface area contributed by atoms with Crippen LogP contribution in [-0.4, -0.2) is 27.1 Å². The standard InChI is InChI=1S/C18H23N3O4/c1-11(2)18-20-16(25-21-18)9-8-15(22)19-14(10-17(23)24)13-6-4-12(3)5-7-13/h4-7,11,14H,8-10H2,1-3H3,(H,19,22)(H,23,24)/t14-/m1/s1. The van der Waals surface area contributed by atoms with Crippen molar-refractivity contribution in [3.05, 3.63) is 47.1 Å². The van der Waals surface area contributed by atoms with Gasteiger partial charge in [0.15, 0.2) is 5.82 Å². The molecule has 0 saturated carbocycles. The third-order valence-electron chi connectivity index (χ3n) is 3.76. The number of aryl methyl sites for hydroxylation is 2. The first-order chi connectivity index (χ1) is 11.8. The van der Waals surface area contributed by atoms with E-state index in [1.807, 2.05) is 45.0 Å². The van der Waals surface area contributed by atoms with E-state index in [1.165, 1.54) is 0 Å². The molecular weight excluding hydrogens is 322 g/mol. The van der Waals surface area contributed by atoms with E-state index in [0.29, 0.717) is 18.1 Å². The molecule has 25 heavy (non-hydrogen) atoms. The lowest BCUT2D eigenvalue weighted by Gasteiger charge is -2.17. The van der Waals surface area contributed by atoms with Crippen LogP contribution in [0.15, 0.2) is 28.8 Å². The minimum atomic E-state index is -0.968. The lowest BCUT2D eigenvalue weighted by molar-refractivity contribution is -0.137. The lowest BCUT2D eigenvalue weighted by Crippen LogP contribution is -2.30. The molecule has 134 valence electrons. The van der Waals surface area contributed by atoms with Gasteiger partial charge < -0.3 is 14.9 Å². The van der Waals surface area contributed by atoms with Crippen LogP contribution in [-0.2, 0) is 16.0 Å². The van der Waals surface area contributed by atoms with Crippen molar-refractivity contribution in [3.63, 3.8) is 0 Å². The number of hydrogen-bond acceptors (Lipinski definition) is 5. The molecule has 2 rings (SSSR count). The molecule has 0 fully saturated rings. The number of rotatable bonds is 8. The van der Waals surface area contributed by atoms with E-state index in [9.17, 15) is 9.59 Å². The molecule has 7 nitrogen and oxygen atoms in total. The van der Waals surface area contributed by atoms with Gasteiger partial charge in [0.05, 0.1) is 12.5 Å². The number of benzene rings is 1. The Bertz CT molecular complexity index is 722. The topological polar surface area (TPSA) is 105 Å². The van der Waals surface area contributed by atoms with E-state index in [4.69, 9.17) is 9.63 Å². The molecule has 7 heteroatoms. The molecule has 2 aromatic rings. The van der Waals surface area contributed by atoms with Crippen LogP contribution in [0.1, 0.15) is 61.5 Å². The molecule has 1 aromatic carbocycles. The Kier molecular flexibility index (Phi) is 6.27. The van der Waals surface area contributed by atoms with Crippen LogP contribution in [0.4, 0.5) is 0 Å². The van der Waals surface area contributed by atoms with Crippen molar-refractivity contribution >= 4 is 11.9 Å². The van der Waals surface area contributed by atoms with Gasteiger partial charge >= 0.3 is 5.97 Å². The number of nitrogens with zero attached hydrogens (tertiary/aromatic N) is 2. The first-order valence-corrected chi connectivity index (χ1v) is 8.25. The molecule has 0 aliphatic heterocycles. The normalized spacial score (nSPS) is 12.2. The molecule has 0 saturated heterocycles. The number of aromatic nitrogens is 2. The maximum atomic E-state index is 12.2. The number of amides is 1. The molecule has 0 aliphatic rings. The Morgan fingerprint density at radius 2 is 1.92 bits per heavy atom. The molecule has 1 atom stereocenters. The van der Waals surface area contributed by atoms with Gasteiger partial charge in [-0.05, 0) is 12.5 Å². The molecule has 1 aromatic heterocycles. The van der Waals surface area contributed by atoms with E-state index in [2.05, 4.69) is 15.5 Å². The molecule has 1 heterocycles. The molecule has 2 N–H and O–H groups in total. The Hall–Kier alpha value is -2.70. The summed E-state index contributed by atoms with van der Waals surface area (Å²) in [5.41, 5.74) is 1.84. The second-order valence-electron chi connectivity index (χ2n) is 6.33. The fourth-order valence-electron chi connectivity index (χ4n) is 2.32. The fraction of sp³-hybridized carbons (Fsp3) is 0.444. The molecule has 0 spiro atoms. The predicted octanol–water partition coefficient (Wildman–Crippen LogP) is 2.77. The SMILES string of the molecule is Cc1ccc([C@@H](CC(=O)O)NC(=O)CCc2nc(C(C)C)no2)cc1. The van der Waals surface area contributed by atoms with Crippen LogP contribution >= 0.6 is 0 Å². The van der Waals surface area contributed by atoms with E-state index < -0.39 is 12.0 Å². The molecule has 0 unspecified atom stereocenters. The lowest BCUT2D eigenvalue weighted by atomic mass is 10.0. The summed E-state index contributed by atoms with van der Waals surface area (Å²) in [6.07, 6.45) is 0.299. The average molecular weight is 345 g/mol. The summed E-state index contributed by atoms with van der Waals surface area (Å²) in [5.74, 6) is -0.0453. The summed E-state index contributed by atoms with van der Waals surface area (Å²) in [6.45, 7) is 5.86. The second kappa shape index (κ2) is 8.41. The Morgan fingerprint density at radius 3 is 2.48 bits per heavy atom. The van der Waals surface area contributed by atoms with Crippen molar-refractivity contribution in [2.24, 2.45) is 0 Å². The summed E-state index contributed by atoms with van der Waals surface area (Å²) >= 11 is 0. The third kappa shape index (κ3) is 5.70. The number of carboxylic acid groups (broad SMARTS) is 1. The monoisotopic (exact) mass is 345 g/mol. The summed E-state index contributed by atoms with van der Waals surface area (Å²) in [7, 11) is 0. The number of hydrogen-bond donors (Lipinski definition) is 2. The van der Waals surface area contributed by atoms with Crippen molar-refractivity contribution in [1.82, 2.24) is 15.5 Å². The highest BCUT2D eigenvalue weighted by Gasteiger charge is 2.19. The molecule has 0 aliphatic carbocycles. The van der Waals surface area contributed by atoms with Crippen LogP contribution in [0.25, 0.3) is 0 Å². The highest BCUT2D eigenvalue weighted by atomic mass is 16.5. The quantitative estimate of drug-likeness (QED) is 0.762. The minimum Gasteiger partial charge on any atom is -0.481 e. The van der Waals surface area contributed by atoms with Gasteiger partial charge in [-0.15, -0.1) is 0 Å². The predicted molar refractivity (Wildman–Crippen MR) is 91.0 cm³/mol. The second-order valence-corrected chi connectivity index (χ2v) is 6.33. The highest BCUT2D eigenvalue weighted by Crippen LogP contribution is 2.18. The number of carboxylic acids is 1. The Labute approximate surface area is 146 Å². The summed E-state index contributed by atoms with van der Waals surface area (Å²) in [5, 5.41) is 15.7. The van der Waals surface area contributed by atoms with Crippen molar-refractivity contribution in [2.75, 3.05) is 0 Å². The van der Waals surface area contributed by atoms with Gasteiger partial charge in [-0.1, -0.05) is 48.8 Å². The Balaban J connectivity index is 1.96. The van der Waals surface area contributed by atoms with Gasteiger partial charge in [0.2, 0.25) is 11.8 Å². The van der Waals surface area contributed by atoms with Crippen molar-refractivity contribution in [2.45, 2.75) is 52.0 Å². The van der Waals surface area contributed by atoms with Gasteiger partial charge in [0.1, 0.15) is 0 Å². The van der Waals surface area contributed by atoms with E-state index in [1.54, 1.807) is 0 Å². The number of nitrogens with one attached hydrogen (secondary N) is 1. The zero-order valence-electron chi connectivity index (χ0n) is 14.7. The van der Waals surface area contributed by atoms with Crippen LogP contribution in [0.2, 0.25) is 0 Å². The Morgan fingerprint density at radius 1 is 1.24 bits per heavy atom. The van der Waals surface area contributed by atoms with Crippen LogP contribution in [0, 0.1) is 6.92 Å². The van der Waals surface area contributed by atoms with Crippen molar-refractivity contribution < 1.29 is 19.2 Å². The maximum absolute atomic E-state index is 12.2. The zero-order chi connectivity index (χ0) is 18.4. The van der Waals surface area contributed by atoms with Gasteiger partial charge in [0, 0.05) is 18.8 Å². The molecule has 0 bridgehead atoms. The van der Waals surface area contributed by atoms with Gasteiger partial charge in [-0.2, -0.15) is 4.98 Å². The number of aliphatic carboxylic acids is 1. The van der Waals surface area contributed by atoms with E-state index in [0.717, 1.165) is 11.1 Å². The fourth-order valence-corrected chi connectivity index (χ4v) is 2.32. The molecule has 1 amide bonds. The minimum absolute atomic E-state index is 0.154. The van der Waals surface area contributed by atoms with Gasteiger partial charge in [0.25, 0.3) is 0 Å². The smallest absolute Gasteiger partial charge is 0.305 e. The average Bonchev–Trinajstić information content (AvgIpc) is 3.02. The summed E-state index contributed by atoms with van der Waals surface area (Å²) in [6, 6.07) is 6.87. The van der Waals surface area contributed by atoms with Crippen LogP contribution in [0.3, 0.4) is 0 Å². The highest BCUT2D eigenvalue weighted by molar-refractivity contribution is 5.77. The van der Waals surface area contributed by atoms with Gasteiger partial charge in [-0.3, -0.25) is 9.59 Å². The van der Waals surface area contributed by atoms with Crippen molar-refractivity contribution in [1.29, 1.82) is 0 Å². The number of carbonyl (C=O) groups is 2. The maximum Gasteiger partial charge on any atom is 0.305 e. The number of carbonyl (C=O) groups excluding carboxylic acids is 1. The summed E-state index contributed by atoms with van der Waals surface area (Å²) in [4.78, 5) is 27.5.